The van der Waals surface area contributed by atoms with Crippen LogP contribution in [0.15, 0.2) is 6.33 Å². The van der Waals surface area contributed by atoms with Crippen LogP contribution in [0, 0.1) is 0 Å². The Hall–Kier alpha value is -1.04. The summed E-state index contributed by atoms with van der Waals surface area (Å²) < 4.78 is 0. The van der Waals surface area contributed by atoms with Gasteiger partial charge in [-0.2, -0.15) is 21.8 Å². The maximum Gasteiger partial charge on any atom is 0.239 e. The van der Waals surface area contributed by atoms with Crippen molar-refractivity contribution < 1.29 is 4.79 Å². The zero-order valence-electron chi connectivity index (χ0n) is 6.87. The van der Waals surface area contributed by atoms with Crippen LogP contribution in [0.1, 0.15) is 6.92 Å². The van der Waals surface area contributed by atoms with E-state index in [2.05, 4.69) is 20.5 Å². The molecule has 1 rings (SSSR count). The summed E-state index contributed by atoms with van der Waals surface area (Å²) in [6.45, 7) is 1.83. The van der Waals surface area contributed by atoms with Gasteiger partial charge in [0.1, 0.15) is 6.33 Å². The third kappa shape index (κ3) is 2.23. The van der Waals surface area contributed by atoms with Crippen LogP contribution in [-0.2, 0) is 4.79 Å². The summed E-state index contributed by atoms with van der Waals surface area (Å²) in [5.74, 6) is 0.320. The molecule has 2 N–H and O–H groups in total. The Bertz CT molecular complexity index is 248. The van der Waals surface area contributed by atoms with Gasteiger partial charge in [0, 0.05) is 0 Å². The number of aromatic nitrogens is 3. The molecule has 0 aliphatic heterocycles. The molecule has 66 valence electrons. The number of H-pyrrole nitrogens is 1. The Morgan fingerprint density at radius 1 is 1.83 bits per heavy atom. The lowest BCUT2D eigenvalue weighted by molar-refractivity contribution is -0.115. The SMILES string of the molecule is CSC(C)C(=O)Nc1ncn[nH]1. The molecule has 0 spiro atoms. The summed E-state index contributed by atoms with van der Waals surface area (Å²) in [6, 6.07) is 0. The Balaban J connectivity index is 2.47. The summed E-state index contributed by atoms with van der Waals surface area (Å²) in [6.07, 6.45) is 3.23. The molecular weight excluding hydrogens is 176 g/mol. The number of amides is 1. The first-order valence-corrected chi connectivity index (χ1v) is 4.72. The highest BCUT2D eigenvalue weighted by Crippen LogP contribution is 2.06. The second-order valence-electron chi connectivity index (χ2n) is 2.20. The van der Waals surface area contributed by atoms with Gasteiger partial charge in [0.05, 0.1) is 5.25 Å². The molecule has 0 radical (unpaired) electrons. The van der Waals surface area contributed by atoms with Crippen LogP contribution in [-0.4, -0.2) is 32.6 Å². The molecule has 0 aromatic carbocycles. The lowest BCUT2D eigenvalue weighted by Crippen LogP contribution is -2.22. The molecule has 0 fully saturated rings. The molecule has 0 saturated heterocycles. The first-order chi connectivity index (χ1) is 5.74. The normalized spacial score (nSPS) is 12.5. The molecule has 5 nitrogen and oxygen atoms in total. The molecule has 12 heavy (non-hydrogen) atoms. The van der Waals surface area contributed by atoms with Gasteiger partial charge in [-0.15, -0.1) is 0 Å². The van der Waals surface area contributed by atoms with Crippen LogP contribution in [0.25, 0.3) is 0 Å². The van der Waals surface area contributed by atoms with Crippen molar-refractivity contribution in [3.63, 3.8) is 0 Å². The fourth-order valence-corrected chi connectivity index (χ4v) is 0.864. The van der Waals surface area contributed by atoms with Gasteiger partial charge in [-0.05, 0) is 13.2 Å². The molecule has 0 saturated carbocycles. The highest BCUT2D eigenvalue weighted by Gasteiger charge is 2.11. The number of rotatable bonds is 3. The van der Waals surface area contributed by atoms with Crippen LogP contribution in [0.5, 0.6) is 0 Å². The highest BCUT2D eigenvalue weighted by atomic mass is 32.2. The Morgan fingerprint density at radius 3 is 3.08 bits per heavy atom. The van der Waals surface area contributed by atoms with Crippen molar-refractivity contribution in [2.45, 2.75) is 12.2 Å². The number of nitrogens with one attached hydrogen (secondary N) is 2. The number of carbonyl (C=O) groups excluding carboxylic acids is 1. The minimum Gasteiger partial charge on any atom is -0.294 e. The summed E-state index contributed by atoms with van der Waals surface area (Å²) in [7, 11) is 0. The molecule has 6 heteroatoms. The lowest BCUT2D eigenvalue weighted by atomic mass is 10.4. The first-order valence-electron chi connectivity index (χ1n) is 3.43. The Labute approximate surface area is 74.3 Å². The number of aromatic amines is 1. The average Bonchev–Trinajstić information content (AvgIpc) is 2.55. The monoisotopic (exact) mass is 186 g/mol. The van der Waals surface area contributed by atoms with Gasteiger partial charge < -0.3 is 0 Å². The zero-order valence-corrected chi connectivity index (χ0v) is 7.68. The topological polar surface area (TPSA) is 70.7 Å². The van der Waals surface area contributed by atoms with E-state index in [1.54, 1.807) is 0 Å². The number of thioether (sulfide) groups is 1. The summed E-state index contributed by atoms with van der Waals surface area (Å²) >= 11 is 1.48. The number of carbonyl (C=O) groups is 1. The van der Waals surface area contributed by atoms with Crippen LogP contribution in [0.2, 0.25) is 0 Å². The Kier molecular flexibility index (Phi) is 3.09. The van der Waals surface area contributed by atoms with E-state index in [9.17, 15) is 4.79 Å². The van der Waals surface area contributed by atoms with Crippen LogP contribution in [0.3, 0.4) is 0 Å². The lowest BCUT2D eigenvalue weighted by Gasteiger charge is -2.05. The van der Waals surface area contributed by atoms with E-state index in [-0.39, 0.29) is 11.2 Å². The van der Waals surface area contributed by atoms with Crippen LogP contribution < -0.4 is 5.32 Å². The van der Waals surface area contributed by atoms with Crippen molar-refractivity contribution in [1.29, 1.82) is 0 Å². The smallest absolute Gasteiger partial charge is 0.239 e. The van der Waals surface area contributed by atoms with Crippen molar-refractivity contribution in [1.82, 2.24) is 15.2 Å². The third-order valence-corrected chi connectivity index (χ3v) is 2.30. The molecule has 1 heterocycles. The predicted molar refractivity (Wildman–Crippen MR) is 48.0 cm³/mol. The molecular formula is C6H10N4OS. The van der Waals surface area contributed by atoms with Gasteiger partial charge in [-0.1, -0.05) is 0 Å². The van der Waals surface area contributed by atoms with Crippen LogP contribution >= 0.6 is 11.8 Å². The van der Waals surface area contributed by atoms with E-state index in [0.717, 1.165) is 0 Å². The average molecular weight is 186 g/mol. The quantitative estimate of drug-likeness (QED) is 0.721. The summed E-state index contributed by atoms with van der Waals surface area (Å²) in [5.41, 5.74) is 0. The maximum atomic E-state index is 11.2. The van der Waals surface area contributed by atoms with E-state index in [4.69, 9.17) is 0 Å². The van der Waals surface area contributed by atoms with E-state index < -0.39 is 0 Å². The molecule has 1 aromatic rings. The molecule has 1 unspecified atom stereocenters. The van der Waals surface area contributed by atoms with Crippen molar-refractivity contribution in [3.05, 3.63) is 6.33 Å². The molecule has 0 aliphatic rings. The minimum absolute atomic E-state index is 0.0701. The van der Waals surface area contributed by atoms with Crippen molar-refractivity contribution in [2.75, 3.05) is 11.6 Å². The standard InChI is InChI=1S/C6H10N4OS/c1-4(12-2)5(11)9-6-7-3-8-10-6/h3-4H,1-2H3,(H2,7,8,9,10,11). The third-order valence-electron chi connectivity index (χ3n) is 1.38. The minimum atomic E-state index is -0.0740. The maximum absolute atomic E-state index is 11.2. The fraction of sp³-hybridized carbons (Fsp3) is 0.500. The highest BCUT2D eigenvalue weighted by molar-refractivity contribution is 7.99. The number of hydrogen-bond acceptors (Lipinski definition) is 4. The van der Waals surface area contributed by atoms with Gasteiger partial charge >= 0.3 is 0 Å². The van der Waals surface area contributed by atoms with Gasteiger partial charge in [0.25, 0.3) is 0 Å². The summed E-state index contributed by atoms with van der Waals surface area (Å²) in [4.78, 5) is 15.0. The van der Waals surface area contributed by atoms with E-state index in [1.807, 2.05) is 13.2 Å². The van der Waals surface area contributed by atoms with E-state index >= 15 is 0 Å². The molecule has 1 amide bonds. The zero-order chi connectivity index (χ0) is 8.97. The van der Waals surface area contributed by atoms with Gasteiger partial charge in [0.15, 0.2) is 0 Å². The van der Waals surface area contributed by atoms with Crippen molar-refractivity contribution >= 4 is 23.6 Å². The van der Waals surface area contributed by atoms with Crippen molar-refractivity contribution in [3.8, 4) is 0 Å². The second-order valence-corrected chi connectivity index (χ2v) is 3.38. The fourth-order valence-electron chi connectivity index (χ4n) is 0.591. The number of nitrogens with zero attached hydrogens (tertiary/aromatic N) is 2. The van der Waals surface area contributed by atoms with Crippen LogP contribution in [0.4, 0.5) is 5.95 Å². The second kappa shape index (κ2) is 4.10. The van der Waals surface area contributed by atoms with Crippen molar-refractivity contribution in [2.24, 2.45) is 0 Å². The predicted octanol–water partition coefficient (Wildman–Crippen LogP) is 0.495. The number of anilines is 1. The Morgan fingerprint density at radius 2 is 2.58 bits per heavy atom. The molecule has 1 atom stereocenters. The molecule has 0 aliphatic carbocycles. The van der Waals surface area contributed by atoms with E-state index in [1.165, 1.54) is 18.1 Å². The molecule has 0 bridgehead atoms. The first kappa shape index (κ1) is 9.05. The largest absolute Gasteiger partial charge is 0.294 e. The van der Waals surface area contributed by atoms with Gasteiger partial charge in [-0.25, -0.2) is 5.10 Å². The summed E-state index contributed by atoms with van der Waals surface area (Å²) in [5, 5.41) is 8.66. The number of hydrogen-bond donors (Lipinski definition) is 2. The van der Waals surface area contributed by atoms with Gasteiger partial charge in [0.2, 0.25) is 11.9 Å². The molecule has 1 aromatic heterocycles. The van der Waals surface area contributed by atoms with E-state index in [0.29, 0.717) is 5.95 Å². The van der Waals surface area contributed by atoms with Gasteiger partial charge in [-0.3, -0.25) is 10.1 Å².